The molecule has 1 aliphatic carbocycles. The summed E-state index contributed by atoms with van der Waals surface area (Å²) in [6.07, 6.45) is 9.83. The smallest absolute Gasteiger partial charge is 0.160 e. The Labute approximate surface area is 263 Å². The Bertz CT molecular complexity index is 2210. The van der Waals surface area contributed by atoms with Gasteiger partial charge < -0.3 is 0 Å². The van der Waals surface area contributed by atoms with Crippen molar-refractivity contribution in [3.8, 4) is 56.2 Å². The topological polar surface area (TPSA) is 25.8 Å². The minimum atomic E-state index is 0.714. The van der Waals surface area contributed by atoms with E-state index in [2.05, 4.69) is 152 Å². The van der Waals surface area contributed by atoms with Gasteiger partial charge in [-0.05, 0) is 68.8 Å². The fourth-order valence-electron chi connectivity index (χ4n) is 6.30. The van der Waals surface area contributed by atoms with E-state index in [0.717, 1.165) is 34.5 Å². The maximum Gasteiger partial charge on any atom is 0.160 e. The highest BCUT2D eigenvalue weighted by Crippen LogP contribution is 2.39. The van der Waals surface area contributed by atoms with E-state index < -0.39 is 0 Å². The molecule has 0 amide bonds. The maximum absolute atomic E-state index is 5.25. The normalized spacial score (nSPS) is 12.2. The van der Waals surface area contributed by atoms with Crippen LogP contribution < -0.4 is 0 Å². The van der Waals surface area contributed by atoms with Gasteiger partial charge >= 0.3 is 0 Å². The van der Waals surface area contributed by atoms with E-state index in [-0.39, 0.29) is 0 Å². The van der Waals surface area contributed by atoms with Gasteiger partial charge in [-0.25, -0.2) is 9.97 Å². The highest BCUT2D eigenvalue weighted by atomic mass is 14.9. The van der Waals surface area contributed by atoms with Gasteiger partial charge in [-0.1, -0.05) is 152 Å². The molecule has 6 aromatic carbocycles. The zero-order valence-electron chi connectivity index (χ0n) is 24.8. The van der Waals surface area contributed by atoms with Crippen molar-refractivity contribution < 1.29 is 0 Å². The van der Waals surface area contributed by atoms with Gasteiger partial charge in [0.1, 0.15) is 0 Å². The lowest BCUT2D eigenvalue weighted by atomic mass is 9.91. The van der Waals surface area contributed by atoms with E-state index in [9.17, 15) is 0 Å². The van der Waals surface area contributed by atoms with Crippen LogP contribution in [-0.2, 0) is 0 Å². The molecule has 0 bridgehead atoms. The van der Waals surface area contributed by atoms with Crippen molar-refractivity contribution >= 4 is 22.9 Å². The number of nitrogens with zero attached hydrogens (tertiary/aromatic N) is 2. The van der Waals surface area contributed by atoms with E-state index in [1.54, 1.807) is 0 Å². The van der Waals surface area contributed by atoms with Crippen LogP contribution >= 0.6 is 0 Å². The second-order valence-electron chi connectivity index (χ2n) is 11.3. The number of rotatable bonds is 5. The SMILES string of the molecule is C1=Cc2cc(-c3ccccc3)cc(-c3cc(-c4ccc(-c5ccccc5)c5ccccc45)nc(-c4ccccc4)n3)c2C=CC1. The summed E-state index contributed by atoms with van der Waals surface area (Å²) in [6.45, 7) is 0. The molecule has 0 saturated heterocycles. The summed E-state index contributed by atoms with van der Waals surface area (Å²) in [6, 6.07) is 51.3. The molecule has 8 rings (SSSR count). The van der Waals surface area contributed by atoms with Crippen molar-refractivity contribution in [3.05, 3.63) is 169 Å². The summed E-state index contributed by atoms with van der Waals surface area (Å²) in [4.78, 5) is 10.5. The van der Waals surface area contributed by atoms with Crippen molar-refractivity contribution in [2.45, 2.75) is 6.42 Å². The Hall–Kier alpha value is -5.86. The second kappa shape index (κ2) is 11.7. The number of hydrogen-bond acceptors (Lipinski definition) is 2. The maximum atomic E-state index is 5.25. The van der Waals surface area contributed by atoms with Crippen LogP contribution in [0.1, 0.15) is 17.5 Å². The first-order chi connectivity index (χ1) is 22.3. The molecule has 7 aromatic rings. The van der Waals surface area contributed by atoms with Crippen LogP contribution in [-0.4, -0.2) is 9.97 Å². The summed E-state index contributed by atoms with van der Waals surface area (Å²) in [5.41, 5.74) is 12.1. The van der Waals surface area contributed by atoms with Crippen LogP contribution in [0.15, 0.2) is 158 Å². The Balaban J connectivity index is 1.39. The Morgan fingerprint density at radius 1 is 0.400 bits per heavy atom. The molecule has 0 aliphatic heterocycles. The summed E-state index contributed by atoms with van der Waals surface area (Å²) in [7, 11) is 0. The van der Waals surface area contributed by atoms with Gasteiger partial charge in [0.2, 0.25) is 0 Å². The molecule has 0 saturated carbocycles. The van der Waals surface area contributed by atoms with Crippen molar-refractivity contribution in [1.29, 1.82) is 0 Å². The molecule has 45 heavy (non-hydrogen) atoms. The fourth-order valence-corrected chi connectivity index (χ4v) is 6.30. The minimum absolute atomic E-state index is 0.714. The predicted octanol–water partition coefficient (Wildman–Crippen LogP) is 11.4. The lowest BCUT2D eigenvalue weighted by molar-refractivity contribution is 1.18. The first-order valence-corrected chi connectivity index (χ1v) is 15.4. The number of hydrogen-bond donors (Lipinski definition) is 0. The first-order valence-electron chi connectivity index (χ1n) is 15.4. The second-order valence-corrected chi connectivity index (χ2v) is 11.3. The van der Waals surface area contributed by atoms with Crippen LogP contribution in [0.2, 0.25) is 0 Å². The van der Waals surface area contributed by atoms with E-state index >= 15 is 0 Å². The monoisotopic (exact) mass is 574 g/mol. The predicted molar refractivity (Wildman–Crippen MR) is 189 cm³/mol. The first kappa shape index (κ1) is 26.7. The average Bonchev–Trinajstić information content (AvgIpc) is 3.37. The minimum Gasteiger partial charge on any atom is -0.228 e. The van der Waals surface area contributed by atoms with Gasteiger partial charge in [0.15, 0.2) is 5.82 Å². The van der Waals surface area contributed by atoms with E-state index in [1.807, 2.05) is 18.2 Å². The standard InChI is InChI=1S/C43H30N2/c1-5-15-30(16-6-1)34-27-33-21-11-4-12-22-35(33)40(28-34)42-29-41(44-43(45-42)32-19-9-3-10-20-32)39-26-25-36(31-17-7-2-8-18-31)37-23-13-14-24-38(37)39/h1-3,5-29H,4H2. The van der Waals surface area contributed by atoms with Crippen LogP contribution in [0, 0.1) is 0 Å². The molecule has 0 radical (unpaired) electrons. The molecule has 2 nitrogen and oxygen atoms in total. The molecule has 1 aromatic heterocycles. The van der Waals surface area contributed by atoms with Gasteiger partial charge in [0.05, 0.1) is 11.4 Å². The van der Waals surface area contributed by atoms with Crippen molar-refractivity contribution in [1.82, 2.24) is 9.97 Å². The van der Waals surface area contributed by atoms with Crippen LogP contribution in [0.4, 0.5) is 0 Å². The molecule has 1 aliphatic rings. The largest absolute Gasteiger partial charge is 0.228 e. The molecule has 0 unspecified atom stereocenters. The lowest BCUT2D eigenvalue weighted by Crippen LogP contribution is -1.99. The van der Waals surface area contributed by atoms with Gasteiger partial charge in [-0.3, -0.25) is 0 Å². The summed E-state index contributed by atoms with van der Waals surface area (Å²) in [5.74, 6) is 0.714. The third kappa shape index (κ3) is 5.17. The Morgan fingerprint density at radius 3 is 1.67 bits per heavy atom. The van der Waals surface area contributed by atoms with E-state index in [0.29, 0.717) is 5.82 Å². The zero-order valence-corrected chi connectivity index (χ0v) is 24.8. The van der Waals surface area contributed by atoms with Gasteiger partial charge in [0, 0.05) is 16.7 Å². The Morgan fingerprint density at radius 2 is 0.956 bits per heavy atom. The molecule has 1 heterocycles. The van der Waals surface area contributed by atoms with Crippen molar-refractivity contribution in [2.75, 3.05) is 0 Å². The molecule has 0 atom stereocenters. The quantitative estimate of drug-likeness (QED) is 0.204. The third-order valence-electron chi connectivity index (χ3n) is 8.49. The van der Waals surface area contributed by atoms with Gasteiger partial charge in [0.25, 0.3) is 0 Å². The van der Waals surface area contributed by atoms with Gasteiger partial charge in [-0.15, -0.1) is 0 Å². The average molecular weight is 575 g/mol. The third-order valence-corrected chi connectivity index (χ3v) is 8.49. The molecule has 212 valence electrons. The summed E-state index contributed by atoms with van der Waals surface area (Å²) >= 11 is 0. The molecule has 2 heteroatoms. The van der Waals surface area contributed by atoms with Crippen LogP contribution in [0.3, 0.4) is 0 Å². The summed E-state index contributed by atoms with van der Waals surface area (Å²) in [5, 5.41) is 2.37. The van der Waals surface area contributed by atoms with E-state index in [4.69, 9.17) is 9.97 Å². The molecule has 0 fully saturated rings. The molecule has 0 spiro atoms. The van der Waals surface area contributed by atoms with Crippen LogP contribution in [0.5, 0.6) is 0 Å². The number of fused-ring (bicyclic) bond motifs is 2. The fraction of sp³-hybridized carbons (Fsp3) is 0.0233. The number of allylic oxidation sites excluding steroid dienone is 2. The number of aromatic nitrogens is 2. The lowest BCUT2D eigenvalue weighted by Gasteiger charge is -2.16. The molecule has 0 N–H and O–H groups in total. The van der Waals surface area contributed by atoms with Crippen LogP contribution in [0.25, 0.3) is 79.1 Å². The molecular weight excluding hydrogens is 544 g/mol. The zero-order chi connectivity index (χ0) is 30.0. The van der Waals surface area contributed by atoms with Crippen molar-refractivity contribution in [2.24, 2.45) is 0 Å². The van der Waals surface area contributed by atoms with E-state index in [1.165, 1.54) is 44.2 Å². The Kier molecular flexibility index (Phi) is 6.94. The van der Waals surface area contributed by atoms with Crippen molar-refractivity contribution in [3.63, 3.8) is 0 Å². The highest BCUT2D eigenvalue weighted by molar-refractivity contribution is 6.05. The summed E-state index contributed by atoms with van der Waals surface area (Å²) < 4.78 is 0. The van der Waals surface area contributed by atoms with Gasteiger partial charge in [-0.2, -0.15) is 0 Å². The highest BCUT2D eigenvalue weighted by Gasteiger charge is 2.18. The molecular formula is C43H30N2. The number of benzene rings is 6.